The van der Waals surface area contributed by atoms with Gasteiger partial charge in [-0.05, 0) is 85.4 Å². The second-order valence-corrected chi connectivity index (χ2v) is 17.3. The number of benzene rings is 1. The minimum atomic E-state index is -3.65. The molecule has 11 heteroatoms. The summed E-state index contributed by atoms with van der Waals surface area (Å²) < 4.78 is 31.1. The first-order valence-electron chi connectivity index (χ1n) is 17.5. The summed E-state index contributed by atoms with van der Waals surface area (Å²) in [5, 5.41) is 0.665. The molecule has 1 aromatic carbocycles. The van der Waals surface area contributed by atoms with Crippen LogP contribution >= 0.6 is 7.37 Å². The van der Waals surface area contributed by atoms with Crippen molar-refractivity contribution in [3.8, 4) is 11.6 Å². The van der Waals surface area contributed by atoms with Gasteiger partial charge in [0.05, 0.1) is 43.8 Å². The average molecular weight is 681 g/mol. The Morgan fingerprint density at radius 3 is 2.69 bits per heavy atom. The molecule has 260 valence electrons. The number of amides is 1. The van der Waals surface area contributed by atoms with Gasteiger partial charge in [0.15, 0.2) is 5.78 Å². The van der Waals surface area contributed by atoms with Gasteiger partial charge in [0.1, 0.15) is 11.9 Å². The highest BCUT2D eigenvalue weighted by molar-refractivity contribution is 7.59. The van der Waals surface area contributed by atoms with Crippen molar-refractivity contribution in [1.82, 2.24) is 9.88 Å². The van der Waals surface area contributed by atoms with Gasteiger partial charge in [0, 0.05) is 31.1 Å². The molecule has 2 aromatic rings. The molecular weight excluding hydrogens is 631 g/mol. The van der Waals surface area contributed by atoms with Crippen LogP contribution in [0, 0.1) is 23.7 Å². The van der Waals surface area contributed by atoms with Crippen LogP contribution in [0.3, 0.4) is 0 Å². The molecule has 0 radical (unpaired) electrons. The lowest BCUT2D eigenvalue weighted by atomic mass is 9.86. The van der Waals surface area contributed by atoms with Crippen LogP contribution in [0.2, 0.25) is 0 Å². The second-order valence-electron chi connectivity index (χ2n) is 14.7. The Balaban J connectivity index is 1.37. The average Bonchev–Trinajstić information content (AvgIpc) is 3.35. The van der Waals surface area contributed by atoms with Crippen molar-refractivity contribution in [1.29, 1.82) is 0 Å². The number of hydrogen-bond donors (Lipinski definition) is 1. The summed E-state index contributed by atoms with van der Waals surface area (Å²) in [5.74, 6) is -0.404. The molecule has 48 heavy (non-hydrogen) atoms. The molecule has 6 rings (SSSR count). The number of rotatable bonds is 7. The molecule has 1 amide bonds. The standard InChI is InChI=1S/C37H49N2O8P/c1-5-27-19-37(27,48(4,43)44)20-32(40)31-17-28-21-39(31)36(42)30(24-10-6-7-11-24)18-34(41)46-22-23(2)9-8-12-26-15-29-25(16-33(26)45-3)13-14-38-35(29)47-28/h5,13-16,23-24,27-28,30-31H,1,6-12,17-22H2,2-4H3,(H,43,44)/t23-,27?,28-,30+,31+,37?/m1/s1. The van der Waals surface area contributed by atoms with Gasteiger partial charge in [0.25, 0.3) is 0 Å². The summed E-state index contributed by atoms with van der Waals surface area (Å²) in [6, 6.07) is 5.08. The summed E-state index contributed by atoms with van der Waals surface area (Å²) in [5.41, 5.74) is 1.02. The van der Waals surface area contributed by atoms with Gasteiger partial charge in [0.2, 0.25) is 19.2 Å². The number of Topliss-reactive ketones (excluding diaryl/α,β-unsaturated/α-hetero) is 1. The maximum Gasteiger partial charge on any atom is 0.306 e. The number of ether oxygens (including phenoxy) is 3. The Morgan fingerprint density at radius 2 is 2.00 bits per heavy atom. The van der Waals surface area contributed by atoms with Crippen LogP contribution in [-0.2, 0) is 30.1 Å². The molecule has 4 bridgehead atoms. The van der Waals surface area contributed by atoms with Crippen molar-refractivity contribution in [3.63, 3.8) is 0 Å². The van der Waals surface area contributed by atoms with Crippen molar-refractivity contribution in [2.45, 2.75) is 94.9 Å². The minimum absolute atomic E-state index is 0.0187. The van der Waals surface area contributed by atoms with E-state index in [2.05, 4.69) is 18.5 Å². The Morgan fingerprint density at radius 1 is 1.23 bits per heavy atom. The monoisotopic (exact) mass is 680 g/mol. The van der Waals surface area contributed by atoms with Gasteiger partial charge in [-0.1, -0.05) is 25.8 Å². The number of nitrogens with zero attached hydrogens (tertiary/aromatic N) is 2. The number of carbonyl (C=O) groups is 3. The highest BCUT2D eigenvalue weighted by Gasteiger charge is 2.63. The van der Waals surface area contributed by atoms with Gasteiger partial charge in [-0.15, -0.1) is 6.58 Å². The number of esters is 1. The number of methoxy groups -OCH3 is 1. The number of allylic oxidation sites excluding steroid dienone is 1. The third-order valence-electron chi connectivity index (χ3n) is 11.4. The summed E-state index contributed by atoms with van der Waals surface area (Å²) >= 11 is 0. The molecule has 7 atom stereocenters. The van der Waals surface area contributed by atoms with E-state index in [4.69, 9.17) is 14.2 Å². The highest BCUT2D eigenvalue weighted by Crippen LogP contribution is 2.71. The maximum atomic E-state index is 14.6. The predicted molar refractivity (Wildman–Crippen MR) is 182 cm³/mol. The molecule has 0 spiro atoms. The summed E-state index contributed by atoms with van der Waals surface area (Å²) in [6.07, 6.45) is 9.39. The third-order valence-corrected chi connectivity index (χ3v) is 13.7. The van der Waals surface area contributed by atoms with Crippen molar-refractivity contribution in [2.24, 2.45) is 23.7 Å². The number of cyclic esters (lactones) is 1. The topological polar surface area (TPSA) is 132 Å². The van der Waals surface area contributed by atoms with Crippen molar-refractivity contribution >= 4 is 35.8 Å². The van der Waals surface area contributed by atoms with Crippen molar-refractivity contribution in [3.05, 3.63) is 42.6 Å². The fourth-order valence-electron chi connectivity index (χ4n) is 8.38. The van der Waals surface area contributed by atoms with Crippen LogP contribution in [0.4, 0.5) is 0 Å². The van der Waals surface area contributed by atoms with Crippen LogP contribution in [0.5, 0.6) is 11.6 Å². The van der Waals surface area contributed by atoms with Crippen molar-refractivity contribution in [2.75, 3.05) is 26.9 Å². The van der Waals surface area contributed by atoms with E-state index in [1.54, 1.807) is 24.3 Å². The number of hydrogen-bond acceptors (Lipinski definition) is 8. The predicted octanol–water partition coefficient (Wildman–Crippen LogP) is 6.11. The van der Waals surface area contributed by atoms with Gasteiger partial charge < -0.3 is 24.0 Å². The minimum Gasteiger partial charge on any atom is -0.496 e. The molecule has 10 nitrogen and oxygen atoms in total. The fraction of sp³-hybridized carbons (Fsp3) is 0.622. The van der Waals surface area contributed by atoms with E-state index >= 15 is 0 Å². The van der Waals surface area contributed by atoms with Crippen LogP contribution in [0.15, 0.2) is 37.1 Å². The lowest BCUT2D eigenvalue weighted by molar-refractivity contribution is -0.152. The Kier molecular flexibility index (Phi) is 10.1. The molecule has 1 saturated heterocycles. The summed E-state index contributed by atoms with van der Waals surface area (Å²) in [6.45, 7) is 7.61. The fourth-order valence-corrected chi connectivity index (χ4v) is 10.1. The SMILES string of the molecule is C=CC1CC1(CC(=O)[C@@H]1C[C@@H]2CN1C(=O)[C@H](C1CCCC1)CC(=O)OC[C@H](C)CCCc1cc3c(nccc3cc1OC)O2)P(C)(=O)O. The largest absolute Gasteiger partial charge is 0.496 e. The Hall–Kier alpha value is -3.23. The van der Waals surface area contributed by atoms with Gasteiger partial charge in [-0.25, -0.2) is 4.98 Å². The Labute approximate surface area is 283 Å². The quantitative estimate of drug-likeness (QED) is 0.209. The third kappa shape index (κ3) is 6.93. The number of pyridine rings is 1. The van der Waals surface area contributed by atoms with Crippen LogP contribution in [0.1, 0.15) is 76.7 Å². The zero-order valence-electron chi connectivity index (χ0n) is 28.4. The number of ketones is 1. The van der Waals surface area contributed by atoms with E-state index in [1.807, 2.05) is 18.2 Å². The van der Waals surface area contributed by atoms with Crippen LogP contribution in [-0.4, -0.2) is 76.7 Å². The highest BCUT2D eigenvalue weighted by atomic mass is 31.2. The molecular formula is C37H49N2O8P. The Bertz CT molecular complexity index is 1620. The molecule has 3 unspecified atom stereocenters. The summed E-state index contributed by atoms with van der Waals surface area (Å²) in [4.78, 5) is 58.9. The molecule has 3 heterocycles. The lowest BCUT2D eigenvalue weighted by Gasteiger charge is -2.31. The first-order valence-corrected chi connectivity index (χ1v) is 19.6. The number of fused-ring (bicyclic) bond motifs is 3. The molecule has 1 aromatic heterocycles. The van der Waals surface area contributed by atoms with E-state index in [9.17, 15) is 23.8 Å². The molecule has 4 aliphatic rings. The normalized spacial score (nSPS) is 31.4. The van der Waals surface area contributed by atoms with E-state index in [1.165, 1.54) is 6.66 Å². The molecule has 1 N–H and O–H groups in total. The smallest absolute Gasteiger partial charge is 0.306 e. The molecule has 2 saturated carbocycles. The van der Waals surface area contributed by atoms with Gasteiger partial charge in [-0.2, -0.15) is 0 Å². The zero-order valence-corrected chi connectivity index (χ0v) is 29.3. The second kappa shape index (κ2) is 13.9. The first kappa shape index (κ1) is 34.6. The zero-order chi connectivity index (χ0) is 34.2. The van der Waals surface area contributed by atoms with Crippen LogP contribution in [0.25, 0.3) is 10.8 Å². The molecule has 2 aliphatic heterocycles. The first-order chi connectivity index (χ1) is 22.9. The van der Waals surface area contributed by atoms with E-state index < -0.39 is 36.6 Å². The van der Waals surface area contributed by atoms with Crippen molar-refractivity contribution < 1.29 is 38.1 Å². The number of aromatic nitrogens is 1. The molecule has 2 aliphatic carbocycles. The van der Waals surface area contributed by atoms with Gasteiger partial charge in [-0.3, -0.25) is 18.9 Å². The molecule has 3 fully saturated rings. The summed E-state index contributed by atoms with van der Waals surface area (Å²) in [7, 11) is -2.00. The van der Waals surface area contributed by atoms with Crippen LogP contribution < -0.4 is 9.47 Å². The number of aryl methyl sites for hydroxylation is 1. The number of carbonyl (C=O) groups excluding carboxylic acids is 3. The van der Waals surface area contributed by atoms with E-state index in [-0.39, 0.29) is 61.9 Å². The lowest BCUT2D eigenvalue weighted by Crippen LogP contribution is -2.46. The maximum absolute atomic E-state index is 14.6. The van der Waals surface area contributed by atoms with E-state index in [0.29, 0.717) is 12.3 Å². The van der Waals surface area contributed by atoms with E-state index in [0.717, 1.165) is 67.0 Å². The van der Waals surface area contributed by atoms with Gasteiger partial charge >= 0.3 is 5.97 Å².